The predicted molar refractivity (Wildman–Crippen MR) is 424 cm³/mol. The van der Waals surface area contributed by atoms with Gasteiger partial charge in [0.2, 0.25) is 0 Å². The number of benzene rings is 3. The van der Waals surface area contributed by atoms with Crippen LogP contribution < -0.4 is 0 Å². The van der Waals surface area contributed by atoms with E-state index in [1.54, 1.807) is 0 Å². The first-order chi connectivity index (χ1) is 46.3. The summed E-state index contributed by atoms with van der Waals surface area (Å²) in [5.41, 5.74) is 8.69. The number of nitrogens with zero attached hydrogens (tertiary/aromatic N) is 4. The number of fused-ring (bicyclic) bond motifs is 10. The van der Waals surface area contributed by atoms with Gasteiger partial charge in [-0.1, -0.05) is 233 Å². The summed E-state index contributed by atoms with van der Waals surface area (Å²) in [6.07, 6.45) is 76.3. The van der Waals surface area contributed by atoms with Crippen molar-refractivity contribution < 1.29 is 8.78 Å². The molecule has 2 aromatic heterocycles. The fourth-order valence-electron chi connectivity index (χ4n) is 17.2. The molecule has 0 unspecified atom stereocenters. The Hall–Kier alpha value is -0.781. The predicted octanol–water partition coefficient (Wildman–Crippen LogP) is 29.2. The molecule has 0 spiro atoms. The molecule has 0 saturated carbocycles. The van der Waals surface area contributed by atoms with Crippen molar-refractivity contribution >= 4 is 97.2 Å². The summed E-state index contributed by atoms with van der Waals surface area (Å²) in [5.74, 6) is -0.295. The topological polar surface area (TPSA) is 51.6 Å². The smallest absolute Gasteiger partial charge is 0.0654 e. The number of aromatic nitrogens is 4. The van der Waals surface area contributed by atoms with Crippen molar-refractivity contribution in [3.63, 3.8) is 0 Å². The number of halogens is 4. The van der Waals surface area contributed by atoms with Gasteiger partial charge in [-0.2, -0.15) is 0 Å². The quantitative estimate of drug-likeness (QED) is 0.0221. The van der Waals surface area contributed by atoms with Gasteiger partial charge in [0.15, 0.2) is 0 Å². The molecule has 0 N–H and O–H groups in total. The first-order valence-electron chi connectivity index (χ1n) is 40.8. The van der Waals surface area contributed by atoms with Crippen molar-refractivity contribution in [2.24, 2.45) is 0 Å². The van der Waals surface area contributed by atoms with Crippen molar-refractivity contribution in [2.75, 3.05) is 0 Å². The minimum absolute atomic E-state index is 0.148. The fraction of sp³-hybridized carbons (Fsp3) is 0.786. The molecule has 0 radical (unpaired) electrons. The summed E-state index contributed by atoms with van der Waals surface area (Å²) in [6.45, 7) is 9.22. The molecule has 530 valence electrons. The third-order valence-corrected chi connectivity index (χ3v) is 26.5. The molecule has 2 aliphatic carbocycles. The Bertz CT molecular complexity index is 2590. The molecular weight excluding hydrogens is 1510 g/mol. The fourth-order valence-corrected chi connectivity index (χ4v) is 21.7. The van der Waals surface area contributed by atoms with Crippen molar-refractivity contribution in [1.29, 1.82) is 0 Å². The van der Waals surface area contributed by atoms with Crippen LogP contribution in [0, 0.1) is 18.8 Å². The van der Waals surface area contributed by atoms with E-state index in [4.69, 9.17) is 15.9 Å². The molecule has 0 fully saturated rings. The van der Waals surface area contributed by atoms with E-state index in [1.165, 1.54) is 308 Å². The van der Waals surface area contributed by atoms with Gasteiger partial charge in [0.1, 0.15) is 0 Å². The third kappa shape index (κ3) is 24.2. The first kappa shape index (κ1) is 80.5. The molecule has 0 saturated heterocycles. The Labute approximate surface area is 615 Å². The molecule has 2 aliphatic rings. The second kappa shape index (κ2) is 47.4. The maximum atomic E-state index is 20.0. The van der Waals surface area contributed by atoms with Crippen LogP contribution in [0.4, 0.5) is 8.78 Å². The standard InChI is InChI=1S/C84H134F2I2N4Se2/c1-5-9-13-17-21-25-29-33-37-41-45-49-53-57-61-83(62-58-54-50-46-42-38-34-30-26-22-18-14-10-6-2)67-65-69(87)79-81(91-93-89-79)71(67)73-75(83)77(85)74-72-68(66-70(88)80-82(72)92-94-90-80)84(76(74)78(73)86,63-59-55-51-47-43-39-35-31-27-23-19-15-11-7-3)64-60-56-52-48-44-40-36-32-28-24-20-16-12-8-4/h65-66H,5-64H2,1-4H3. The number of hydrogen-bond donors (Lipinski definition) is 0. The summed E-state index contributed by atoms with van der Waals surface area (Å²) in [6, 6.07) is 4.71. The van der Waals surface area contributed by atoms with Crippen LogP contribution in [-0.2, 0) is 10.8 Å². The van der Waals surface area contributed by atoms with Crippen molar-refractivity contribution in [1.82, 2.24) is 15.9 Å². The first-order valence-corrected chi connectivity index (χ1v) is 46.0. The summed E-state index contributed by atoms with van der Waals surface area (Å²) in [7, 11) is 0. The van der Waals surface area contributed by atoms with E-state index < -0.39 is 10.8 Å². The van der Waals surface area contributed by atoms with Gasteiger partial charge in [-0.05, 0) is 0 Å². The molecule has 0 aliphatic heterocycles. The van der Waals surface area contributed by atoms with E-state index in [-0.39, 0.29) is 41.6 Å². The average molecular weight is 1650 g/mol. The summed E-state index contributed by atoms with van der Waals surface area (Å²) in [5, 5.41) is 0. The Kier molecular flexibility index (Phi) is 40.6. The SMILES string of the molecule is CCCCCCCCCCCCCCCCC1(CCCCCCCCCCCCCCCC)c2cc(I)c3n[se]nc3c2-c2c(F)c3c(c(F)c21)-c1c(cc(I)c2n[se]nc12)C3(CCCCCCCCCCCCCCCC)CCCCCCCCCCCCCCCC. The Balaban J connectivity index is 1.18. The summed E-state index contributed by atoms with van der Waals surface area (Å²) in [4.78, 5) is 0. The molecule has 7 rings (SSSR count). The van der Waals surface area contributed by atoms with Crippen molar-refractivity contribution in [2.45, 2.75) is 424 Å². The average Bonchev–Trinajstić information content (AvgIpc) is 1.50. The van der Waals surface area contributed by atoms with E-state index in [2.05, 4.69) is 85.0 Å². The Morgan fingerprint density at radius 1 is 0.266 bits per heavy atom. The molecule has 10 heteroatoms. The summed E-state index contributed by atoms with van der Waals surface area (Å²) >= 11 is 4.36. The van der Waals surface area contributed by atoms with Crippen LogP contribution in [0.25, 0.3) is 44.3 Å². The second-order valence-corrected chi connectivity index (χ2v) is 34.7. The molecule has 0 amide bonds. The van der Waals surface area contributed by atoms with Gasteiger partial charge < -0.3 is 0 Å². The van der Waals surface area contributed by atoms with Crippen LogP contribution in [0.2, 0.25) is 0 Å². The van der Waals surface area contributed by atoms with E-state index in [1.807, 2.05) is 0 Å². The maximum absolute atomic E-state index is 20.0. The van der Waals surface area contributed by atoms with E-state index in [0.29, 0.717) is 22.3 Å². The second-order valence-electron chi connectivity index (χ2n) is 30.2. The van der Waals surface area contributed by atoms with Crippen molar-refractivity contribution in [3.05, 3.63) is 53.2 Å². The molecular formula is C84H134F2I2N4Se2. The number of unbranched alkanes of at least 4 members (excludes halogenated alkanes) is 52. The Morgan fingerprint density at radius 3 is 0.649 bits per heavy atom. The van der Waals surface area contributed by atoms with Crippen LogP contribution in [0.3, 0.4) is 0 Å². The van der Waals surface area contributed by atoms with Crippen molar-refractivity contribution in [3.8, 4) is 22.3 Å². The van der Waals surface area contributed by atoms with E-state index >= 15 is 8.78 Å². The molecule has 4 nitrogen and oxygen atoms in total. The van der Waals surface area contributed by atoms with Crippen LogP contribution >= 0.6 is 45.2 Å². The Morgan fingerprint density at radius 2 is 0.447 bits per heavy atom. The summed E-state index contributed by atoms with van der Waals surface area (Å²) < 4.78 is 62.9. The zero-order valence-electron chi connectivity index (χ0n) is 60.7. The monoisotopic (exact) mass is 1650 g/mol. The van der Waals surface area contributed by atoms with Gasteiger partial charge in [0, 0.05) is 0 Å². The number of rotatable bonds is 60. The van der Waals surface area contributed by atoms with Gasteiger partial charge in [0.25, 0.3) is 0 Å². The molecule has 0 atom stereocenters. The van der Waals surface area contributed by atoms with Crippen LogP contribution in [-0.4, -0.2) is 45.8 Å². The molecule has 94 heavy (non-hydrogen) atoms. The zero-order chi connectivity index (χ0) is 66.3. The molecule has 3 aromatic carbocycles. The normalized spacial score (nSPS) is 13.7. The van der Waals surface area contributed by atoms with Gasteiger partial charge in [-0.15, -0.1) is 0 Å². The van der Waals surface area contributed by atoms with E-state index in [9.17, 15) is 0 Å². The van der Waals surface area contributed by atoms with Gasteiger partial charge in [0.05, 0.1) is 0 Å². The van der Waals surface area contributed by atoms with Gasteiger partial charge in [-0.3, -0.25) is 0 Å². The van der Waals surface area contributed by atoms with Gasteiger partial charge in [-0.25, -0.2) is 0 Å². The minimum Gasteiger partial charge on any atom is -0.0654 e. The molecule has 5 aromatic rings. The minimum atomic E-state index is -0.661. The molecule has 2 heterocycles. The zero-order valence-corrected chi connectivity index (χ0v) is 68.4. The molecule has 0 bridgehead atoms. The van der Waals surface area contributed by atoms with Gasteiger partial charge >= 0.3 is 388 Å². The van der Waals surface area contributed by atoms with Crippen LogP contribution in [0.15, 0.2) is 12.1 Å². The van der Waals surface area contributed by atoms with Crippen LogP contribution in [0.5, 0.6) is 0 Å². The third-order valence-electron chi connectivity index (χ3n) is 22.7. The van der Waals surface area contributed by atoms with E-state index in [0.717, 1.165) is 129 Å². The number of hydrogen-bond acceptors (Lipinski definition) is 4. The van der Waals surface area contributed by atoms with Crippen LogP contribution in [0.1, 0.15) is 435 Å².